The van der Waals surface area contributed by atoms with E-state index < -0.39 is 108 Å². The molecule has 176 valence electrons. The van der Waals surface area contributed by atoms with Crippen LogP contribution in [-0.2, 0) is 180 Å². The van der Waals surface area contributed by atoms with Gasteiger partial charge in [-0.2, -0.15) is 9.90 Å². The first-order valence-corrected chi connectivity index (χ1v) is 15.8. The summed E-state index contributed by atoms with van der Waals surface area (Å²) in [4.78, 5) is 0. The van der Waals surface area contributed by atoms with Crippen molar-refractivity contribution < 1.29 is 238 Å². The SMILES string of the molecule is P.[Mo+6].[Na+].[O]=[V](=[O])[O-].[O]=[V](=[O])[O-].[O]=[V](=[O])[O-].[O]=[V](=[O])[O-].[O]=[V](=[O])[O-].[O]=[V](=[O])[O-].[O]=[V](=[O])[O-]. The van der Waals surface area contributed by atoms with Crippen LogP contribution in [0.4, 0.5) is 0 Å². The summed E-state index contributed by atoms with van der Waals surface area (Å²) in [6.07, 6.45) is 0. The monoisotopic (exact) mass is 847 g/mol. The van der Waals surface area contributed by atoms with Crippen LogP contribution < -0.4 is 57.8 Å². The molecular weight excluding hydrogens is 842 g/mol. The summed E-state index contributed by atoms with van der Waals surface area (Å²) in [5, 5.41) is 0. The van der Waals surface area contributed by atoms with Crippen molar-refractivity contribution in [1.29, 1.82) is 0 Å². The Morgan fingerprint density at radius 2 is 0.290 bits per heavy atom. The van der Waals surface area contributed by atoms with Crippen LogP contribution in [0.5, 0.6) is 0 Å². The van der Waals surface area contributed by atoms with Gasteiger partial charge in [0.2, 0.25) is 0 Å². The Morgan fingerprint density at radius 1 is 0.290 bits per heavy atom. The Balaban J connectivity index is -0.0000000204. The first-order chi connectivity index (χ1) is 12.1. The average Bonchev–Trinajstić information content (AvgIpc) is 2.20. The molecule has 0 aromatic rings. The van der Waals surface area contributed by atoms with E-state index in [0.717, 1.165) is 0 Å². The zero-order valence-electron chi connectivity index (χ0n) is 13.8. The Kier molecular flexibility index (Phi) is 122. The van der Waals surface area contributed by atoms with E-state index in [0.29, 0.717) is 0 Å². The van der Waals surface area contributed by atoms with Gasteiger partial charge >= 0.3 is 238 Å². The van der Waals surface area contributed by atoms with Crippen molar-refractivity contribution in [2.75, 3.05) is 0 Å². The molecule has 0 saturated carbocycles. The standard InChI is InChI=1S/Mo.Na.21O.H3P.7V/h;;;;;;;;;;;;;;;;;;;;;;;1H3;;;;;;;/q+6;+1;;;;;;;;;;;;;;;7*-1;;;;;;;;. The molecule has 0 amide bonds. The van der Waals surface area contributed by atoms with Gasteiger partial charge in [-0.3, -0.25) is 0 Å². The first kappa shape index (κ1) is 64.3. The van der Waals surface area contributed by atoms with Crippen molar-refractivity contribution in [2.45, 2.75) is 0 Å². The van der Waals surface area contributed by atoms with Crippen LogP contribution in [0.25, 0.3) is 0 Å². The molecule has 0 N–H and O–H groups in total. The second-order valence-electron chi connectivity index (χ2n) is 1.57. The summed E-state index contributed by atoms with van der Waals surface area (Å²) in [6.45, 7) is 0. The summed E-state index contributed by atoms with van der Waals surface area (Å²) >= 11 is -27.6. The molecule has 0 fully saturated rings. The number of rotatable bonds is 0. The van der Waals surface area contributed by atoms with Crippen LogP contribution in [0, 0.1) is 0 Å². The van der Waals surface area contributed by atoms with Gasteiger partial charge in [0.1, 0.15) is 0 Å². The average molecular weight is 846 g/mol. The molecule has 0 spiro atoms. The first-order valence-electron chi connectivity index (χ1n) is 3.83. The Bertz CT molecular complexity index is 577. The summed E-state index contributed by atoms with van der Waals surface area (Å²) < 4.78 is 180. The van der Waals surface area contributed by atoms with Gasteiger partial charge in [-0.15, -0.1) is 0 Å². The molecule has 0 saturated heterocycles. The molecule has 1 unspecified atom stereocenters. The molecule has 0 radical (unpaired) electrons. The molecule has 31 heteroatoms. The fourth-order valence-corrected chi connectivity index (χ4v) is 0. The summed E-state index contributed by atoms with van der Waals surface area (Å²) in [5.74, 6) is 0. The van der Waals surface area contributed by atoms with Gasteiger partial charge in [-0.05, 0) is 0 Å². The van der Waals surface area contributed by atoms with E-state index in [1.165, 1.54) is 0 Å². The Hall–Kier alpha value is 3.13. The third kappa shape index (κ3) is 3280. The molecule has 0 heterocycles. The van der Waals surface area contributed by atoms with Gasteiger partial charge in [-0.1, -0.05) is 0 Å². The van der Waals surface area contributed by atoms with Crippen LogP contribution in [0.3, 0.4) is 0 Å². The van der Waals surface area contributed by atoms with Gasteiger partial charge in [0, 0.05) is 0 Å². The normalized spacial score (nSPS) is 5.65. The summed E-state index contributed by atoms with van der Waals surface area (Å²) in [5.41, 5.74) is 0. The Labute approximate surface area is 244 Å². The van der Waals surface area contributed by atoms with E-state index in [-0.39, 0.29) is 60.5 Å². The maximum absolute atomic E-state index is 8.56. The van der Waals surface area contributed by atoms with E-state index in [2.05, 4.69) is 0 Å². The zero-order valence-corrected chi connectivity index (χ0v) is 29.0. The second kappa shape index (κ2) is 58.7. The second-order valence-corrected chi connectivity index (χ2v) is 6.45. The van der Waals surface area contributed by atoms with Gasteiger partial charge in [-0.25, -0.2) is 0 Å². The molecular formula is H3MoNaO21PV7. The fraction of sp³-hybridized carbons (Fsp3) is 0. The molecule has 0 aromatic carbocycles. The molecule has 0 bridgehead atoms. The molecule has 21 nitrogen and oxygen atoms in total. The van der Waals surface area contributed by atoms with Crippen molar-refractivity contribution in [2.24, 2.45) is 0 Å². The van der Waals surface area contributed by atoms with Gasteiger partial charge in [0.05, 0.1) is 0 Å². The van der Waals surface area contributed by atoms with Crippen molar-refractivity contribution in [3.63, 3.8) is 0 Å². The summed E-state index contributed by atoms with van der Waals surface area (Å²) in [6, 6.07) is 0. The number of hydrogen-bond donors (Lipinski definition) is 0. The zero-order chi connectivity index (χ0) is 25.0. The van der Waals surface area contributed by atoms with Crippen LogP contribution in [-0.4, -0.2) is 0 Å². The van der Waals surface area contributed by atoms with Gasteiger partial charge in [0.15, 0.2) is 0 Å². The minimum atomic E-state index is -3.94. The van der Waals surface area contributed by atoms with Crippen LogP contribution in [0.15, 0.2) is 0 Å². The molecule has 0 aliphatic carbocycles. The van der Waals surface area contributed by atoms with E-state index >= 15 is 0 Å². The number of hydrogen-bond acceptors (Lipinski definition) is 21. The van der Waals surface area contributed by atoms with Crippen LogP contribution in [0.1, 0.15) is 0 Å². The van der Waals surface area contributed by atoms with E-state index in [4.69, 9.17) is 79.7 Å². The van der Waals surface area contributed by atoms with Gasteiger partial charge < -0.3 is 0 Å². The van der Waals surface area contributed by atoms with Crippen molar-refractivity contribution in [1.82, 2.24) is 0 Å². The molecule has 0 rings (SSSR count). The Morgan fingerprint density at radius 3 is 0.290 bits per heavy atom. The molecule has 0 aliphatic heterocycles. The third-order valence-electron chi connectivity index (χ3n) is 0. The van der Waals surface area contributed by atoms with E-state index in [1.54, 1.807) is 0 Å². The van der Waals surface area contributed by atoms with Crippen molar-refractivity contribution in [3.8, 4) is 0 Å². The molecule has 1 atom stereocenters. The maximum atomic E-state index is 8.56. The van der Waals surface area contributed by atoms with Crippen LogP contribution >= 0.6 is 9.90 Å². The van der Waals surface area contributed by atoms with E-state index in [9.17, 15) is 0 Å². The molecule has 31 heavy (non-hydrogen) atoms. The van der Waals surface area contributed by atoms with Gasteiger partial charge in [0.25, 0.3) is 0 Å². The third-order valence-corrected chi connectivity index (χ3v) is 0. The van der Waals surface area contributed by atoms with E-state index in [1.807, 2.05) is 0 Å². The van der Waals surface area contributed by atoms with Crippen LogP contribution in [0.2, 0.25) is 0 Å². The predicted octanol–water partition coefficient (Wildman–Crippen LogP) is -12.9. The molecule has 0 aromatic heterocycles. The topological polar surface area (TPSA) is 400 Å². The summed E-state index contributed by atoms with van der Waals surface area (Å²) in [7, 11) is 0. The minimum absolute atomic E-state index is 0. The molecule has 0 aliphatic rings. The predicted molar refractivity (Wildman–Crippen MR) is 20.7 cm³/mol. The fourth-order valence-electron chi connectivity index (χ4n) is 0. The van der Waals surface area contributed by atoms with Crippen molar-refractivity contribution in [3.05, 3.63) is 0 Å². The quantitative estimate of drug-likeness (QED) is 0.161. The van der Waals surface area contributed by atoms with Crippen molar-refractivity contribution >= 4 is 9.90 Å².